The molecule has 5 nitrogen and oxygen atoms in total. The molecular formula is C20H30FN5. The third kappa shape index (κ3) is 4.75. The summed E-state index contributed by atoms with van der Waals surface area (Å²) in [7, 11) is 4.00. The molecule has 0 spiro atoms. The minimum absolute atomic E-state index is 0.199. The Bertz CT molecular complexity index is 733. The largest absolute Gasteiger partial charge is 0.361 e. The van der Waals surface area contributed by atoms with Gasteiger partial charge in [-0.1, -0.05) is 12.8 Å². The van der Waals surface area contributed by atoms with E-state index in [-0.39, 0.29) is 5.82 Å². The summed E-state index contributed by atoms with van der Waals surface area (Å²) in [5.41, 5.74) is 2.09. The van der Waals surface area contributed by atoms with Crippen LogP contribution in [0.25, 0.3) is 10.9 Å². The van der Waals surface area contributed by atoms with Gasteiger partial charge in [0.15, 0.2) is 5.96 Å². The lowest BCUT2D eigenvalue weighted by Gasteiger charge is -2.24. The zero-order valence-corrected chi connectivity index (χ0v) is 15.8. The molecule has 1 fully saturated rings. The van der Waals surface area contributed by atoms with Crippen LogP contribution in [0, 0.1) is 5.82 Å². The maximum absolute atomic E-state index is 13.5. The fraction of sp³-hybridized carbons (Fsp3) is 0.550. The fourth-order valence-electron chi connectivity index (χ4n) is 3.77. The standard InChI is InChI=1S/C20H30FN5/c1-22-20(24-11-12-26(2)17-5-3-4-6-17)23-10-9-15-14-25-19-8-7-16(21)13-18(15)19/h7-8,13-14,17,25H,3-6,9-12H2,1-2H3,(H2,22,23,24). The predicted molar refractivity (Wildman–Crippen MR) is 106 cm³/mol. The lowest BCUT2D eigenvalue weighted by Crippen LogP contribution is -2.43. The highest BCUT2D eigenvalue weighted by Crippen LogP contribution is 2.22. The molecule has 1 aromatic heterocycles. The molecule has 142 valence electrons. The van der Waals surface area contributed by atoms with Crippen LogP contribution in [-0.4, -0.2) is 55.6 Å². The van der Waals surface area contributed by atoms with Crippen molar-refractivity contribution in [2.24, 2.45) is 4.99 Å². The lowest BCUT2D eigenvalue weighted by molar-refractivity contribution is 0.249. The first-order chi connectivity index (χ1) is 12.7. The number of aromatic nitrogens is 1. The van der Waals surface area contributed by atoms with Crippen LogP contribution in [0.4, 0.5) is 4.39 Å². The van der Waals surface area contributed by atoms with Gasteiger partial charge in [-0.15, -0.1) is 0 Å². The van der Waals surface area contributed by atoms with Gasteiger partial charge < -0.3 is 20.5 Å². The molecule has 0 bridgehead atoms. The van der Waals surface area contributed by atoms with Crippen LogP contribution in [0.1, 0.15) is 31.2 Å². The van der Waals surface area contributed by atoms with Gasteiger partial charge >= 0.3 is 0 Å². The van der Waals surface area contributed by atoms with E-state index >= 15 is 0 Å². The number of benzene rings is 1. The number of aliphatic imine (C=N–C) groups is 1. The molecule has 0 unspecified atom stereocenters. The van der Waals surface area contributed by atoms with E-state index in [4.69, 9.17) is 0 Å². The van der Waals surface area contributed by atoms with Crippen LogP contribution in [0.5, 0.6) is 0 Å². The molecule has 3 N–H and O–H groups in total. The number of aromatic amines is 1. The van der Waals surface area contributed by atoms with Gasteiger partial charge in [0, 0.05) is 49.8 Å². The SMILES string of the molecule is CN=C(NCCc1c[nH]c2ccc(F)cc12)NCCN(C)C1CCCC1. The van der Waals surface area contributed by atoms with Crippen LogP contribution in [0.2, 0.25) is 0 Å². The normalized spacial score (nSPS) is 15.9. The van der Waals surface area contributed by atoms with Crippen LogP contribution in [-0.2, 0) is 6.42 Å². The molecule has 0 aliphatic heterocycles. The second-order valence-electron chi connectivity index (χ2n) is 7.10. The number of hydrogen-bond acceptors (Lipinski definition) is 2. The van der Waals surface area contributed by atoms with Gasteiger partial charge in [-0.05, 0) is 50.1 Å². The highest BCUT2D eigenvalue weighted by Gasteiger charge is 2.18. The number of likely N-dealkylation sites (N-methyl/N-ethyl adjacent to an activating group) is 1. The summed E-state index contributed by atoms with van der Waals surface area (Å²) in [4.78, 5) is 9.93. The average Bonchev–Trinajstić information content (AvgIpc) is 3.30. The first kappa shape index (κ1) is 18.7. The molecule has 1 aliphatic carbocycles. The molecule has 3 rings (SSSR count). The van der Waals surface area contributed by atoms with E-state index in [9.17, 15) is 4.39 Å². The Balaban J connectivity index is 1.41. The van der Waals surface area contributed by atoms with E-state index in [0.29, 0.717) is 0 Å². The van der Waals surface area contributed by atoms with Crippen molar-refractivity contribution in [3.8, 4) is 0 Å². The number of fused-ring (bicyclic) bond motifs is 1. The Morgan fingerprint density at radius 2 is 2.04 bits per heavy atom. The van der Waals surface area contributed by atoms with Gasteiger partial charge in [0.1, 0.15) is 5.82 Å². The Morgan fingerprint density at radius 3 is 2.81 bits per heavy atom. The Labute approximate surface area is 155 Å². The summed E-state index contributed by atoms with van der Waals surface area (Å²) in [5, 5.41) is 7.67. The Kier molecular flexibility index (Phi) is 6.50. The van der Waals surface area contributed by atoms with Crippen molar-refractivity contribution < 1.29 is 4.39 Å². The number of hydrogen-bond donors (Lipinski definition) is 3. The maximum Gasteiger partial charge on any atom is 0.191 e. The molecular weight excluding hydrogens is 329 g/mol. The number of guanidine groups is 1. The van der Waals surface area contributed by atoms with Crippen molar-refractivity contribution in [3.05, 3.63) is 35.8 Å². The predicted octanol–water partition coefficient (Wildman–Crippen LogP) is 2.89. The van der Waals surface area contributed by atoms with Gasteiger partial charge in [-0.2, -0.15) is 0 Å². The molecule has 0 radical (unpaired) electrons. The smallest absolute Gasteiger partial charge is 0.191 e. The van der Waals surface area contributed by atoms with E-state index < -0.39 is 0 Å². The number of rotatable bonds is 7. The highest BCUT2D eigenvalue weighted by atomic mass is 19.1. The molecule has 1 heterocycles. The molecule has 1 aliphatic rings. The molecule has 2 aromatic rings. The van der Waals surface area contributed by atoms with Crippen molar-refractivity contribution in [2.45, 2.75) is 38.1 Å². The molecule has 0 saturated heterocycles. The minimum Gasteiger partial charge on any atom is -0.361 e. The van der Waals surface area contributed by atoms with Crippen molar-refractivity contribution in [3.63, 3.8) is 0 Å². The van der Waals surface area contributed by atoms with Gasteiger partial charge in [-0.3, -0.25) is 4.99 Å². The van der Waals surface area contributed by atoms with Crippen LogP contribution in [0.15, 0.2) is 29.4 Å². The Hall–Kier alpha value is -2.08. The van der Waals surface area contributed by atoms with Gasteiger partial charge in [0.25, 0.3) is 0 Å². The zero-order valence-electron chi connectivity index (χ0n) is 15.8. The third-order valence-electron chi connectivity index (χ3n) is 5.34. The van der Waals surface area contributed by atoms with E-state index in [0.717, 1.165) is 54.5 Å². The summed E-state index contributed by atoms with van der Waals surface area (Å²) in [6.45, 7) is 2.65. The van der Waals surface area contributed by atoms with E-state index in [2.05, 4.69) is 32.6 Å². The van der Waals surface area contributed by atoms with Crippen molar-refractivity contribution >= 4 is 16.9 Å². The van der Waals surface area contributed by atoms with E-state index in [1.807, 2.05) is 6.20 Å². The summed E-state index contributed by atoms with van der Waals surface area (Å²) in [5.74, 6) is 0.617. The first-order valence-electron chi connectivity index (χ1n) is 9.57. The fourth-order valence-corrected chi connectivity index (χ4v) is 3.77. The highest BCUT2D eigenvalue weighted by molar-refractivity contribution is 5.83. The molecule has 1 aromatic carbocycles. The molecule has 1 saturated carbocycles. The second kappa shape index (κ2) is 9.03. The average molecular weight is 359 g/mol. The molecule has 0 atom stereocenters. The van der Waals surface area contributed by atoms with E-state index in [1.165, 1.54) is 31.7 Å². The van der Waals surface area contributed by atoms with Gasteiger partial charge in [-0.25, -0.2) is 4.39 Å². The van der Waals surface area contributed by atoms with Crippen molar-refractivity contribution in [2.75, 3.05) is 33.7 Å². The second-order valence-corrected chi connectivity index (χ2v) is 7.10. The maximum atomic E-state index is 13.5. The topological polar surface area (TPSA) is 55.5 Å². The number of H-pyrrole nitrogens is 1. The van der Waals surface area contributed by atoms with Gasteiger partial charge in [0.2, 0.25) is 0 Å². The Morgan fingerprint density at radius 1 is 1.27 bits per heavy atom. The molecule has 26 heavy (non-hydrogen) atoms. The number of nitrogens with zero attached hydrogens (tertiary/aromatic N) is 2. The van der Waals surface area contributed by atoms with Crippen molar-refractivity contribution in [1.29, 1.82) is 0 Å². The van der Waals surface area contributed by atoms with Crippen LogP contribution in [0.3, 0.4) is 0 Å². The monoisotopic (exact) mass is 359 g/mol. The van der Waals surface area contributed by atoms with Crippen LogP contribution < -0.4 is 10.6 Å². The van der Waals surface area contributed by atoms with Crippen molar-refractivity contribution in [1.82, 2.24) is 20.5 Å². The quantitative estimate of drug-likeness (QED) is 0.526. The number of nitrogens with one attached hydrogen (secondary N) is 3. The summed E-state index contributed by atoms with van der Waals surface area (Å²) >= 11 is 0. The summed E-state index contributed by atoms with van der Waals surface area (Å²) < 4.78 is 13.5. The summed E-state index contributed by atoms with van der Waals surface area (Å²) in [6, 6.07) is 5.60. The molecule has 6 heteroatoms. The third-order valence-corrected chi connectivity index (χ3v) is 5.34. The zero-order chi connectivity index (χ0) is 18.4. The van der Waals surface area contributed by atoms with Gasteiger partial charge in [0.05, 0.1) is 0 Å². The molecule has 0 amide bonds. The first-order valence-corrected chi connectivity index (χ1v) is 9.57. The minimum atomic E-state index is -0.199. The van der Waals surface area contributed by atoms with Crippen LogP contribution >= 0.6 is 0 Å². The number of halogens is 1. The summed E-state index contributed by atoms with van der Waals surface area (Å²) in [6.07, 6.45) is 8.15. The lowest BCUT2D eigenvalue weighted by atomic mass is 10.1. The van der Waals surface area contributed by atoms with E-state index in [1.54, 1.807) is 19.2 Å².